The molecule has 0 bridgehead atoms. The van der Waals surface area contributed by atoms with Gasteiger partial charge in [0, 0.05) is 38.4 Å². The number of rotatable bonds is 10. The fraction of sp³-hybridized carbons (Fsp3) is 0.435. The Morgan fingerprint density at radius 2 is 1.84 bits per heavy atom. The van der Waals surface area contributed by atoms with Crippen LogP contribution >= 0.6 is 0 Å². The predicted molar refractivity (Wildman–Crippen MR) is 119 cm³/mol. The third-order valence-electron chi connectivity index (χ3n) is 4.53. The van der Waals surface area contributed by atoms with Gasteiger partial charge in [0.1, 0.15) is 5.82 Å². The lowest BCUT2D eigenvalue weighted by atomic mass is 10.2. The second-order valence-corrected chi connectivity index (χ2v) is 7.01. The molecule has 2 aromatic rings. The highest BCUT2D eigenvalue weighted by Crippen LogP contribution is 2.32. The summed E-state index contributed by atoms with van der Waals surface area (Å²) in [4.78, 5) is 4.64. The normalized spacial score (nSPS) is 13.5. The minimum atomic E-state index is -0.259. The van der Waals surface area contributed by atoms with E-state index in [1.54, 1.807) is 19.2 Å². The van der Waals surface area contributed by atoms with Crippen molar-refractivity contribution < 1.29 is 23.3 Å². The molecule has 0 saturated heterocycles. The summed E-state index contributed by atoms with van der Waals surface area (Å²) in [6, 6.07) is 12.1. The minimum Gasteiger partial charge on any atom is -0.490 e. The third kappa shape index (κ3) is 8.07. The zero-order chi connectivity index (χ0) is 21.7. The molecule has 31 heavy (non-hydrogen) atoms. The van der Waals surface area contributed by atoms with Crippen LogP contribution in [0.5, 0.6) is 11.5 Å². The Balaban J connectivity index is 1.61. The van der Waals surface area contributed by atoms with Crippen molar-refractivity contribution in [3.05, 3.63) is 53.8 Å². The number of nitrogens with zero attached hydrogens (tertiary/aromatic N) is 1. The quantitative estimate of drug-likeness (QED) is 0.340. The van der Waals surface area contributed by atoms with E-state index in [0.717, 1.165) is 29.8 Å². The first-order chi connectivity index (χ1) is 15.2. The molecule has 1 heterocycles. The molecule has 2 N–H and O–H groups in total. The molecule has 0 amide bonds. The van der Waals surface area contributed by atoms with Gasteiger partial charge in [0.05, 0.1) is 33.0 Å². The highest BCUT2D eigenvalue weighted by atomic mass is 19.1. The molecule has 168 valence electrons. The van der Waals surface area contributed by atoms with Crippen molar-refractivity contribution in [3.63, 3.8) is 0 Å². The number of aliphatic imine (C=N–C) groups is 1. The van der Waals surface area contributed by atoms with Crippen LogP contribution in [0, 0.1) is 5.82 Å². The molecule has 7 nitrogen and oxygen atoms in total. The smallest absolute Gasteiger partial charge is 0.196 e. The SMILES string of the molecule is COCCOCCCNC(=NCc1ccc(F)cc1)Nc1ccc2c(c1)OCCCO2. The number of hydrogen-bond donors (Lipinski definition) is 2. The van der Waals surface area contributed by atoms with Crippen LogP contribution in [0.4, 0.5) is 10.1 Å². The number of methoxy groups -OCH3 is 1. The summed E-state index contributed by atoms with van der Waals surface area (Å²) in [5.41, 5.74) is 1.76. The van der Waals surface area contributed by atoms with E-state index in [2.05, 4.69) is 15.6 Å². The molecule has 1 aliphatic rings. The molecule has 0 saturated carbocycles. The summed E-state index contributed by atoms with van der Waals surface area (Å²) in [6.07, 6.45) is 1.68. The Bertz CT molecular complexity index is 830. The van der Waals surface area contributed by atoms with E-state index in [9.17, 15) is 4.39 Å². The Morgan fingerprint density at radius 3 is 2.65 bits per heavy atom. The lowest BCUT2D eigenvalue weighted by molar-refractivity contribution is 0.0699. The summed E-state index contributed by atoms with van der Waals surface area (Å²) in [5, 5.41) is 6.63. The van der Waals surface area contributed by atoms with Crippen molar-refractivity contribution in [3.8, 4) is 11.5 Å². The van der Waals surface area contributed by atoms with Crippen LogP contribution in [0.3, 0.4) is 0 Å². The van der Waals surface area contributed by atoms with Gasteiger partial charge in [-0.1, -0.05) is 12.1 Å². The van der Waals surface area contributed by atoms with Gasteiger partial charge < -0.3 is 29.6 Å². The standard InChI is InChI=1S/C23H30FN3O4/c1-28-14-15-29-11-2-10-25-23(26-17-18-4-6-19(24)7-5-18)27-20-8-9-21-22(16-20)31-13-3-12-30-21/h4-9,16H,2-3,10-15,17H2,1H3,(H2,25,26,27). The number of nitrogens with one attached hydrogen (secondary N) is 2. The summed E-state index contributed by atoms with van der Waals surface area (Å²) in [5.74, 6) is 1.82. The summed E-state index contributed by atoms with van der Waals surface area (Å²) in [7, 11) is 1.65. The Kier molecular flexibility index (Phi) is 9.40. The maximum absolute atomic E-state index is 13.2. The van der Waals surface area contributed by atoms with E-state index >= 15 is 0 Å². The van der Waals surface area contributed by atoms with Crippen LogP contribution in [0.25, 0.3) is 0 Å². The van der Waals surface area contributed by atoms with E-state index in [0.29, 0.717) is 57.8 Å². The van der Waals surface area contributed by atoms with E-state index in [1.807, 2.05) is 18.2 Å². The minimum absolute atomic E-state index is 0.259. The van der Waals surface area contributed by atoms with Crippen molar-refractivity contribution in [2.75, 3.05) is 52.0 Å². The molecular formula is C23H30FN3O4. The van der Waals surface area contributed by atoms with Gasteiger partial charge in [0.25, 0.3) is 0 Å². The first-order valence-electron chi connectivity index (χ1n) is 10.5. The largest absolute Gasteiger partial charge is 0.490 e. The van der Waals surface area contributed by atoms with Crippen LogP contribution in [0.1, 0.15) is 18.4 Å². The van der Waals surface area contributed by atoms with Gasteiger partial charge in [0.15, 0.2) is 17.5 Å². The number of guanidine groups is 1. The van der Waals surface area contributed by atoms with Gasteiger partial charge in [-0.25, -0.2) is 9.38 Å². The lowest BCUT2D eigenvalue weighted by Gasteiger charge is -2.15. The number of anilines is 1. The molecule has 8 heteroatoms. The van der Waals surface area contributed by atoms with E-state index in [1.165, 1.54) is 12.1 Å². The van der Waals surface area contributed by atoms with Gasteiger partial charge in [-0.05, 0) is 36.2 Å². The van der Waals surface area contributed by atoms with Gasteiger partial charge in [-0.2, -0.15) is 0 Å². The highest BCUT2D eigenvalue weighted by molar-refractivity contribution is 5.93. The predicted octanol–water partition coefficient (Wildman–Crippen LogP) is 3.60. The second kappa shape index (κ2) is 12.8. The van der Waals surface area contributed by atoms with Gasteiger partial charge in [0.2, 0.25) is 0 Å². The van der Waals surface area contributed by atoms with Crippen molar-refractivity contribution in [2.24, 2.45) is 4.99 Å². The summed E-state index contributed by atoms with van der Waals surface area (Å²) < 4.78 is 35.1. The molecule has 0 unspecified atom stereocenters. The summed E-state index contributed by atoms with van der Waals surface area (Å²) >= 11 is 0. The molecule has 0 aliphatic carbocycles. The van der Waals surface area contributed by atoms with Crippen LogP contribution < -0.4 is 20.1 Å². The molecular weight excluding hydrogens is 401 g/mol. The fourth-order valence-corrected chi connectivity index (χ4v) is 2.90. The monoisotopic (exact) mass is 431 g/mol. The van der Waals surface area contributed by atoms with E-state index < -0.39 is 0 Å². The molecule has 0 aromatic heterocycles. The topological polar surface area (TPSA) is 73.3 Å². The van der Waals surface area contributed by atoms with Crippen molar-refractivity contribution in [1.29, 1.82) is 0 Å². The van der Waals surface area contributed by atoms with Gasteiger partial charge >= 0.3 is 0 Å². The molecule has 3 rings (SSSR count). The molecule has 0 radical (unpaired) electrons. The Labute approximate surface area is 182 Å². The number of halogens is 1. The van der Waals surface area contributed by atoms with Gasteiger partial charge in [-0.15, -0.1) is 0 Å². The zero-order valence-electron chi connectivity index (χ0n) is 17.9. The van der Waals surface area contributed by atoms with E-state index in [-0.39, 0.29) is 5.82 Å². The second-order valence-electron chi connectivity index (χ2n) is 7.01. The first kappa shape index (κ1) is 22.8. The van der Waals surface area contributed by atoms with Crippen LogP contribution in [0.15, 0.2) is 47.5 Å². The number of benzene rings is 2. The zero-order valence-corrected chi connectivity index (χ0v) is 17.9. The Hall–Kier alpha value is -2.84. The van der Waals surface area contributed by atoms with E-state index in [4.69, 9.17) is 18.9 Å². The Morgan fingerprint density at radius 1 is 1.03 bits per heavy atom. The molecule has 0 fully saturated rings. The maximum Gasteiger partial charge on any atom is 0.196 e. The fourth-order valence-electron chi connectivity index (χ4n) is 2.90. The van der Waals surface area contributed by atoms with Crippen molar-refractivity contribution in [2.45, 2.75) is 19.4 Å². The van der Waals surface area contributed by atoms with Gasteiger partial charge in [-0.3, -0.25) is 0 Å². The van der Waals surface area contributed by atoms with Crippen LogP contribution in [-0.2, 0) is 16.0 Å². The lowest BCUT2D eigenvalue weighted by Crippen LogP contribution is -2.32. The van der Waals surface area contributed by atoms with Crippen LogP contribution in [-0.4, -0.2) is 52.6 Å². The maximum atomic E-state index is 13.2. The number of hydrogen-bond acceptors (Lipinski definition) is 5. The first-order valence-corrected chi connectivity index (χ1v) is 10.5. The number of fused-ring (bicyclic) bond motifs is 1. The summed E-state index contributed by atoms with van der Waals surface area (Å²) in [6.45, 7) is 4.19. The van der Waals surface area contributed by atoms with Crippen molar-refractivity contribution >= 4 is 11.6 Å². The molecule has 0 spiro atoms. The average Bonchev–Trinajstić information content (AvgIpc) is 3.03. The van der Waals surface area contributed by atoms with Crippen LogP contribution in [0.2, 0.25) is 0 Å². The number of ether oxygens (including phenoxy) is 4. The molecule has 1 aliphatic heterocycles. The van der Waals surface area contributed by atoms with Crippen molar-refractivity contribution in [1.82, 2.24) is 5.32 Å². The highest BCUT2D eigenvalue weighted by Gasteiger charge is 2.11. The molecule has 2 aromatic carbocycles. The molecule has 0 atom stereocenters. The average molecular weight is 432 g/mol. The third-order valence-corrected chi connectivity index (χ3v) is 4.53.